The third kappa shape index (κ3) is 2.08. The molecule has 11 heavy (non-hydrogen) atoms. The van der Waals surface area contributed by atoms with Crippen LogP contribution in [0.1, 0.15) is 0 Å². The summed E-state index contributed by atoms with van der Waals surface area (Å²) in [6, 6.07) is 8.89. The van der Waals surface area contributed by atoms with Crippen LogP contribution >= 0.6 is 21.6 Å². The van der Waals surface area contributed by atoms with Gasteiger partial charge in [-0.05, 0) is 0 Å². The molecule has 1 aliphatic heterocycles. The van der Waals surface area contributed by atoms with Crippen molar-refractivity contribution in [2.45, 2.75) is 4.90 Å². The third-order valence-corrected chi connectivity index (χ3v) is 2.89. The summed E-state index contributed by atoms with van der Waals surface area (Å²) >= 11 is 0. The Labute approximate surface area is 86.2 Å². The zero-order valence-electron chi connectivity index (χ0n) is 5.70. The van der Waals surface area contributed by atoms with Crippen molar-refractivity contribution in [3.05, 3.63) is 24.3 Å². The molecule has 0 saturated carbocycles. The van der Waals surface area contributed by atoms with Crippen LogP contribution in [0.15, 0.2) is 28.1 Å². The molecule has 2 rings (SSSR count). The molecule has 50 valence electrons. The Morgan fingerprint density at radius 2 is 2.36 bits per heavy atom. The van der Waals surface area contributed by atoms with Crippen molar-refractivity contribution in [2.24, 2.45) is 4.99 Å². The van der Waals surface area contributed by atoms with Crippen molar-refractivity contribution in [1.29, 1.82) is 0 Å². The summed E-state index contributed by atoms with van der Waals surface area (Å²) in [4.78, 5) is 5.20. The summed E-state index contributed by atoms with van der Waals surface area (Å²) < 4.78 is 0. The van der Waals surface area contributed by atoms with Gasteiger partial charge in [-0.15, -0.1) is 5.55 Å². The summed E-state index contributed by atoms with van der Waals surface area (Å²) in [5.74, 6) is 0. The van der Waals surface area contributed by atoms with Crippen molar-refractivity contribution >= 4 is 32.8 Å². The Bertz CT molecular complexity index is 275. The molecular formula is C7H3NS2Zn. The van der Waals surface area contributed by atoms with Gasteiger partial charge in [0.1, 0.15) is 0 Å². The van der Waals surface area contributed by atoms with Crippen molar-refractivity contribution in [1.82, 2.24) is 0 Å². The predicted octanol–water partition coefficient (Wildman–Crippen LogP) is 2.77. The molecule has 0 atom stereocenters. The predicted molar refractivity (Wildman–Crippen MR) is 45.8 cm³/mol. The molecule has 4 heteroatoms. The van der Waals surface area contributed by atoms with Gasteiger partial charge in [-0.1, -0.05) is 0 Å². The van der Waals surface area contributed by atoms with Gasteiger partial charge in [0.15, 0.2) is 0 Å². The second kappa shape index (κ2) is 4.29. The minimum Gasteiger partial charge on any atom is -0.469 e. The van der Waals surface area contributed by atoms with E-state index in [2.05, 4.69) is 16.6 Å². The molecule has 0 fully saturated rings. The Morgan fingerprint density at radius 3 is 3.18 bits per heavy atom. The van der Waals surface area contributed by atoms with E-state index >= 15 is 0 Å². The fourth-order valence-electron chi connectivity index (χ4n) is 0.695. The van der Waals surface area contributed by atoms with Crippen LogP contribution in [-0.2, 0) is 19.5 Å². The van der Waals surface area contributed by atoms with Crippen LogP contribution in [0, 0.1) is 6.07 Å². The summed E-state index contributed by atoms with van der Waals surface area (Å²) in [5, 5.41) is 0. The molecule has 0 aliphatic carbocycles. The maximum absolute atomic E-state index is 4.03. The van der Waals surface area contributed by atoms with E-state index in [0.29, 0.717) is 0 Å². The van der Waals surface area contributed by atoms with E-state index < -0.39 is 0 Å². The zero-order chi connectivity index (χ0) is 6.81. The number of nitrogens with zero attached hydrogens (tertiary/aromatic N) is 1. The first-order valence-corrected chi connectivity index (χ1v) is 4.92. The quantitative estimate of drug-likeness (QED) is 0.386. The van der Waals surface area contributed by atoms with Gasteiger partial charge in [-0.25, -0.2) is 0 Å². The Kier molecular flexibility index (Phi) is 3.63. The van der Waals surface area contributed by atoms with Gasteiger partial charge in [-0.2, -0.15) is 50.4 Å². The number of aliphatic imine (C=N–C) groups is 1. The maximum Gasteiger partial charge on any atom is 2.00 e. The summed E-state index contributed by atoms with van der Waals surface area (Å²) in [6.45, 7) is 0. The average molecular weight is 231 g/mol. The largest absolute Gasteiger partial charge is 2.00 e. The SMILES string of the molecule is [C-]1=Nc2[c-]cccc2SS1.[Zn+2]. The molecule has 1 nitrogen and oxygen atoms in total. The molecule has 0 unspecified atom stereocenters. The first-order valence-electron chi connectivity index (χ1n) is 2.77. The molecule has 0 aromatic heterocycles. The zero-order valence-corrected chi connectivity index (χ0v) is 10.3. The maximum atomic E-state index is 4.03. The average Bonchev–Trinajstić information content (AvgIpc) is 2.05. The minimum atomic E-state index is 0. The molecular weight excluding hydrogens is 228 g/mol. The van der Waals surface area contributed by atoms with E-state index in [4.69, 9.17) is 0 Å². The van der Waals surface area contributed by atoms with Gasteiger partial charge >= 0.3 is 19.5 Å². The minimum absolute atomic E-state index is 0. The number of benzene rings is 1. The van der Waals surface area contributed by atoms with Crippen LogP contribution in [0.25, 0.3) is 0 Å². The van der Waals surface area contributed by atoms with Crippen LogP contribution in [-0.4, -0.2) is 5.55 Å². The topological polar surface area (TPSA) is 12.4 Å². The third-order valence-electron chi connectivity index (χ3n) is 1.12. The molecule has 0 bridgehead atoms. The smallest absolute Gasteiger partial charge is 0.469 e. The van der Waals surface area contributed by atoms with Crippen molar-refractivity contribution < 1.29 is 19.5 Å². The fourth-order valence-corrected chi connectivity index (χ4v) is 2.16. The Balaban J connectivity index is 0.000000605. The van der Waals surface area contributed by atoms with E-state index in [0.717, 1.165) is 5.69 Å². The Hall–Kier alpha value is 0.213. The molecule has 0 radical (unpaired) electrons. The first-order chi connectivity index (χ1) is 4.97. The molecule has 0 N–H and O–H groups in total. The van der Waals surface area contributed by atoms with Crippen molar-refractivity contribution in [3.8, 4) is 0 Å². The van der Waals surface area contributed by atoms with Gasteiger partial charge in [0, 0.05) is 0 Å². The summed E-state index contributed by atoms with van der Waals surface area (Å²) in [7, 11) is 3.19. The van der Waals surface area contributed by atoms with E-state index in [1.807, 2.05) is 18.2 Å². The fraction of sp³-hybridized carbons (Fsp3) is 0. The van der Waals surface area contributed by atoms with Crippen LogP contribution in [0.3, 0.4) is 0 Å². The molecule has 1 heterocycles. The molecule has 1 aliphatic rings. The van der Waals surface area contributed by atoms with Crippen molar-refractivity contribution in [2.75, 3.05) is 0 Å². The van der Waals surface area contributed by atoms with Gasteiger partial charge < -0.3 is 4.99 Å². The molecule has 0 amide bonds. The second-order valence-corrected chi connectivity index (χ2v) is 3.71. The normalized spacial score (nSPS) is 13.5. The monoisotopic (exact) mass is 229 g/mol. The second-order valence-electron chi connectivity index (χ2n) is 1.75. The van der Waals surface area contributed by atoms with Crippen molar-refractivity contribution in [3.63, 3.8) is 0 Å². The molecule has 1 aromatic rings. The van der Waals surface area contributed by atoms with Gasteiger partial charge in [0.2, 0.25) is 0 Å². The van der Waals surface area contributed by atoms with Crippen LogP contribution in [0.5, 0.6) is 0 Å². The summed E-state index contributed by atoms with van der Waals surface area (Å²) in [5.41, 5.74) is 3.72. The molecule has 0 saturated heterocycles. The van der Waals surface area contributed by atoms with Gasteiger partial charge in [0.05, 0.1) is 0 Å². The number of hydrogen-bond acceptors (Lipinski definition) is 3. The number of hydrogen-bond donors (Lipinski definition) is 0. The number of para-hydroxylation sites is 1. The van der Waals surface area contributed by atoms with Gasteiger partial charge in [-0.3, -0.25) is 6.07 Å². The number of fused-ring (bicyclic) bond motifs is 1. The summed E-state index contributed by atoms with van der Waals surface area (Å²) in [6.07, 6.45) is 0. The molecule has 1 aromatic carbocycles. The van der Waals surface area contributed by atoms with Crippen LogP contribution in [0.4, 0.5) is 5.69 Å². The van der Waals surface area contributed by atoms with E-state index in [-0.39, 0.29) is 19.5 Å². The Morgan fingerprint density at radius 1 is 1.45 bits per heavy atom. The molecule has 0 spiro atoms. The van der Waals surface area contributed by atoms with E-state index in [1.165, 1.54) is 15.7 Å². The standard InChI is InChI=1S/C7H3NS2.Zn/c1-2-4-7-6(3-1)8-5-9-10-7;/h1-2,4H;/q-2;+2. The van der Waals surface area contributed by atoms with Crippen LogP contribution in [0.2, 0.25) is 0 Å². The first kappa shape index (κ1) is 9.30. The van der Waals surface area contributed by atoms with Gasteiger partial charge in [0.25, 0.3) is 0 Å². The van der Waals surface area contributed by atoms with E-state index in [9.17, 15) is 0 Å². The van der Waals surface area contributed by atoms with Crippen LogP contribution < -0.4 is 0 Å². The number of rotatable bonds is 0. The van der Waals surface area contributed by atoms with E-state index in [1.54, 1.807) is 10.8 Å².